The Morgan fingerprint density at radius 3 is 2.38 bits per heavy atom. The molecule has 14 heteroatoms. The average Bonchev–Trinajstić information content (AvgIpc) is 3.17. The molecule has 1 amide bonds. The summed E-state index contributed by atoms with van der Waals surface area (Å²) in [6.45, 7) is 12.1. The Morgan fingerprint density at radius 1 is 1.04 bits per heavy atom. The maximum absolute atomic E-state index is 15.5. The molecule has 2 aliphatic rings. The van der Waals surface area contributed by atoms with Crippen molar-refractivity contribution in [2.75, 3.05) is 23.7 Å². The van der Waals surface area contributed by atoms with E-state index >= 15 is 4.39 Å². The third kappa shape index (κ3) is 6.47. The van der Waals surface area contributed by atoms with Crippen LogP contribution in [0.2, 0.25) is 5.02 Å². The number of piperazine rings is 1. The lowest BCUT2D eigenvalue weighted by Crippen LogP contribution is -2.59. The van der Waals surface area contributed by atoms with Crippen molar-refractivity contribution in [2.24, 2.45) is 0 Å². The summed E-state index contributed by atoms with van der Waals surface area (Å²) in [6, 6.07) is 5.25. The number of nitrogens with zero attached hydrogens (tertiary/aromatic N) is 6. The fourth-order valence-electron chi connectivity index (χ4n) is 6.29. The zero-order valence-corrected chi connectivity index (χ0v) is 28.5. The van der Waals surface area contributed by atoms with Gasteiger partial charge in [0, 0.05) is 58.7 Å². The first kappa shape index (κ1) is 33.0. The Bertz CT molecular complexity index is 1910. The number of ether oxygens (including phenoxy) is 2. The summed E-state index contributed by atoms with van der Waals surface area (Å²) in [4.78, 5) is 44.3. The number of thioether (sulfide) groups is 1. The number of rotatable bonds is 4. The van der Waals surface area contributed by atoms with Gasteiger partial charge in [-0.15, -0.1) is 11.8 Å². The first-order valence-corrected chi connectivity index (χ1v) is 16.6. The second kappa shape index (κ2) is 12.6. The maximum Gasteiger partial charge on any atom is 0.410 e. The first-order chi connectivity index (χ1) is 22.2. The Labute approximate surface area is 280 Å². The molecule has 4 heterocycles. The number of benzene rings is 2. The first-order valence-electron chi connectivity index (χ1n) is 15.3. The number of halogens is 3. The Hall–Kier alpha value is -3.97. The number of hydrogen-bond acceptors (Lipinski definition) is 9. The molecule has 6 rings (SSSR count). The van der Waals surface area contributed by atoms with Gasteiger partial charge in [0.25, 0.3) is 0 Å². The van der Waals surface area contributed by atoms with Crippen LogP contribution in [0.1, 0.15) is 40.2 Å². The number of amides is 1. The topological polar surface area (TPSA) is 103 Å². The highest BCUT2D eigenvalue weighted by atomic mass is 35.5. The zero-order chi connectivity index (χ0) is 33.8. The van der Waals surface area contributed by atoms with Gasteiger partial charge in [0.1, 0.15) is 29.2 Å². The number of hydrogen-bond donors (Lipinski definition) is 0. The summed E-state index contributed by atoms with van der Waals surface area (Å²) in [6.07, 6.45) is 2.20. The summed E-state index contributed by atoms with van der Waals surface area (Å²) in [7, 11) is 0. The van der Waals surface area contributed by atoms with Crippen LogP contribution in [-0.2, 0) is 11.3 Å². The fourth-order valence-corrected chi connectivity index (χ4v) is 7.75. The average molecular weight is 685 g/mol. The normalized spacial score (nSPS) is 19.9. The van der Waals surface area contributed by atoms with Crippen molar-refractivity contribution >= 4 is 46.2 Å². The van der Waals surface area contributed by atoms with Crippen LogP contribution in [0.25, 0.3) is 22.0 Å². The van der Waals surface area contributed by atoms with Gasteiger partial charge in [-0.3, -0.25) is 9.47 Å². The van der Waals surface area contributed by atoms with E-state index in [4.69, 9.17) is 21.1 Å². The van der Waals surface area contributed by atoms with E-state index in [1.165, 1.54) is 22.4 Å². The zero-order valence-electron chi connectivity index (χ0n) is 26.9. The highest BCUT2D eigenvalue weighted by molar-refractivity contribution is 7.99. The number of aromatic nitrogens is 4. The van der Waals surface area contributed by atoms with Crippen LogP contribution in [-0.4, -0.2) is 73.1 Å². The van der Waals surface area contributed by atoms with Crippen LogP contribution >= 0.6 is 23.4 Å². The van der Waals surface area contributed by atoms with Crippen molar-refractivity contribution < 1.29 is 23.0 Å². The van der Waals surface area contributed by atoms with Gasteiger partial charge in [0.05, 0.1) is 29.2 Å². The molecule has 0 N–H and O–H groups in total. The fraction of sp³-hybridized carbons (Fsp3) is 0.424. The molecule has 0 radical (unpaired) electrons. The molecule has 2 aromatic carbocycles. The SMILES string of the molecule is Cc1cc2c(N3C[C@@H](C)N(C(=O)OC(C)(C)C)[C@@H](C)C3)nc(=O)n3c2c(c1-c1cc(Cl)c(F)cc1F)SC[C@@H](Oc1ncccn1)C3. The monoisotopic (exact) mass is 684 g/mol. The summed E-state index contributed by atoms with van der Waals surface area (Å²) >= 11 is 7.55. The molecule has 248 valence electrons. The van der Waals surface area contributed by atoms with Gasteiger partial charge in [-0.2, -0.15) is 4.98 Å². The number of anilines is 1. The van der Waals surface area contributed by atoms with Gasteiger partial charge in [0.15, 0.2) is 0 Å². The standard InChI is InChI=1S/C33H35ClF2N6O4S/c1-17-10-22-27-28(26(17)21-11-23(34)25(36)12-24(21)35)47-16-20(45-30-37-8-7-9-38-30)15-41(27)31(43)39-29(22)40-13-18(2)42(19(3)14-40)32(44)46-33(4,5)6/h7-12,18-20H,13-16H2,1-6H3/t18-,19+,20-/m0/s1. The molecule has 0 unspecified atom stereocenters. The van der Waals surface area contributed by atoms with Gasteiger partial charge in [-0.05, 0) is 65.3 Å². The van der Waals surface area contributed by atoms with E-state index in [1.807, 2.05) is 52.5 Å². The number of aryl methyl sites for hydroxylation is 1. The lowest BCUT2D eigenvalue weighted by molar-refractivity contribution is 0.00561. The van der Waals surface area contributed by atoms with Gasteiger partial charge in [-0.1, -0.05) is 11.6 Å². The van der Waals surface area contributed by atoms with Crippen molar-refractivity contribution in [1.82, 2.24) is 24.4 Å². The second-order valence-corrected chi connectivity index (χ2v) is 14.4. The Kier molecular flexibility index (Phi) is 8.81. The molecular weight excluding hydrogens is 650 g/mol. The summed E-state index contributed by atoms with van der Waals surface area (Å²) in [5.74, 6) is -0.800. The van der Waals surface area contributed by atoms with Gasteiger partial charge < -0.3 is 14.4 Å². The predicted molar refractivity (Wildman–Crippen MR) is 177 cm³/mol. The molecule has 4 aromatic rings. The maximum atomic E-state index is 15.5. The summed E-state index contributed by atoms with van der Waals surface area (Å²) < 4.78 is 43.0. The molecule has 10 nitrogen and oxygen atoms in total. The van der Waals surface area contributed by atoms with Crippen LogP contribution in [0, 0.1) is 18.6 Å². The molecule has 2 aromatic heterocycles. The molecule has 47 heavy (non-hydrogen) atoms. The lowest BCUT2D eigenvalue weighted by Gasteiger charge is -2.45. The molecule has 0 aliphatic carbocycles. The van der Waals surface area contributed by atoms with E-state index in [0.717, 1.165) is 6.07 Å². The number of carbonyl (C=O) groups excluding carboxylic acids is 1. The van der Waals surface area contributed by atoms with Crippen molar-refractivity contribution in [3.8, 4) is 17.1 Å². The Balaban J connectivity index is 1.49. The molecular formula is C33H35ClF2N6O4S. The van der Waals surface area contributed by atoms with Gasteiger partial charge in [0.2, 0.25) is 0 Å². The van der Waals surface area contributed by atoms with E-state index in [9.17, 15) is 14.0 Å². The van der Waals surface area contributed by atoms with Crippen LogP contribution in [0.5, 0.6) is 6.01 Å². The van der Waals surface area contributed by atoms with Gasteiger partial charge in [-0.25, -0.2) is 28.3 Å². The minimum atomic E-state index is -0.863. The van der Waals surface area contributed by atoms with E-state index < -0.39 is 35.1 Å². The van der Waals surface area contributed by atoms with Crippen LogP contribution in [0.3, 0.4) is 0 Å². The molecule has 0 saturated carbocycles. The molecule has 2 aliphatic heterocycles. The molecule has 1 saturated heterocycles. The van der Waals surface area contributed by atoms with E-state index in [0.29, 0.717) is 51.6 Å². The molecule has 0 bridgehead atoms. The third-order valence-electron chi connectivity index (χ3n) is 8.11. The molecule has 3 atom stereocenters. The minimum absolute atomic E-state index is 0.120. The summed E-state index contributed by atoms with van der Waals surface area (Å²) in [5.41, 5.74) is 0.707. The molecule has 1 fully saturated rings. The van der Waals surface area contributed by atoms with Crippen molar-refractivity contribution in [2.45, 2.75) is 76.8 Å². The largest absolute Gasteiger partial charge is 0.457 e. The smallest absolute Gasteiger partial charge is 0.410 e. The van der Waals surface area contributed by atoms with Crippen molar-refractivity contribution in [3.05, 3.63) is 69.4 Å². The second-order valence-electron chi connectivity index (χ2n) is 12.9. The Morgan fingerprint density at radius 2 is 1.72 bits per heavy atom. The van der Waals surface area contributed by atoms with Crippen LogP contribution < -0.4 is 15.3 Å². The van der Waals surface area contributed by atoms with E-state index in [2.05, 4.69) is 15.0 Å². The van der Waals surface area contributed by atoms with E-state index in [1.54, 1.807) is 23.4 Å². The third-order valence-corrected chi connectivity index (χ3v) is 9.63. The molecule has 0 spiro atoms. The van der Waals surface area contributed by atoms with Crippen LogP contribution in [0.4, 0.5) is 19.4 Å². The van der Waals surface area contributed by atoms with E-state index in [-0.39, 0.29) is 35.2 Å². The minimum Gasteiger partial charge on any atom is -0.457 e. The summed E-state index contributed by atoms with van der Waals surface area (Å²) in [5, 5.41) is 0.469. The lowest BCUT2D eigenvalue weighted by atomic mass is 9.97. The highest BCUT2D eigenvalue weighted by Gasteiger charge is 2.37. The van der Waals surface area contributed by atoms with Crippen molar-refractivity contribution in [3.63, 3.8) is 0 Å². The predicted octanol–water partition coefficient (Wildman–Crippen LogP) is 6.48. The van der Waals surface area contributed by atoms with Crippen molar-refractivity contribution in [1.29, 1.82) is 0 Å². The number of carbonyl (C=O) groups is 1. The van der Waals surface area contributed by atoms with Gasteiger partial charge >= 0.3 is 17.8 Å². The quantitative estimate of drug-likeness (QED) is 0.224. The highest BCUT2D eigenvalue weighted by Crippen LogP contribution is 2.45. The van der Waals surface area contributed by atoms with Crippen LogP contribution in [0.15, 0.2) is 46.3 Å².